The lowest BCUT2D eigenvalue weighted by Crippen LogP contribution is -2.09. The first-order chi connectivity index (χ1) is 5.65. The topological polar surface area (TPSA) is 53.4 Å². The van der Waals surface area contributed by atoms with Crippen LogP contribution >= 0.6 is 15.9 Å². The van der Waals surface area contributed by atoms with E-state index in [-0.39, 0.29) is 0 Å². The summed E-state index contributed by atoms with van der Waals surface area (Å²) in [4.78, 5) is 14.5. The molecule has 5 nitrogen and oxygen atoms in total. The van der Waals surface area contributed by atoms with Gasteiger partial charge in [-0.1, -0.05) is 0 Å². The van der Waals surface area contributed by atoms with Crippen LogP contribution < -0.4 is 4.74 Å². The van der Waals surface area contributed by atoms with Crippen molar-refractivity contribution in [2.45, 2.75) is 0 Å². The molecule has 12 heavy (non-hydrogen) atoms. The molecule has 1 heterocycles. The van der Waals surface area contributed by atoms with Gasteiger partial charge in [-0.05, 0) is 15.9 Å². The van der Waals surface area contributed by atoms with Gasteiger partial charge in [0.2, 0.25) is 5.88 Å². The van der Waals surface area contributed by atoms with Crippen LogP contribution in [0, 0.1) is 0 Å². The minimum atomic E-state index is -0.759. The van der Waals surface area contributed by atoms with E-state index in [1.54, 1.807) is 11.6 Å². The summed E-state index contributed by atoms with van der Waals surface area (Å²) in [7, 11) is 2.95. The van der Waals surface area contributed by atoms with Gasteiger partial charge in [0.15, 0.2) is 4.73 Å². The molecule has 0 aromatic carbocycles. The number of imidazole rings is 1. The van der Waals surface area contributed by atoms with Gasteiger partial charge in [-0.15, -0.1) is 0 Å². The van der Waals surface area contributed by atoms with Gasteiger partial charge in [0, 0.05) is 7.05 Å². The molecule has 66 valence electrons. The summed E-state index contributed by atoms with van der Waals surface area (Å²) in [5.74, 6) is 0.328. The molecule has 0 fully saturated rings. The zero-order valence-corrected chi connectivity index (χ0v) is 8.16. The van der Waals surface area contributed by atoms with Crippen molar-refractivity contribution in [1.82, 2.24) is 9.55 Å². The molecule has 0 saturated heterocycles. The van der Waals surface area contributed by atoms with Crippen LogP contribution in [0.15, 0.2) is 10.9 Å². The van der Waals surface area contributed by atoms with Gasteiger partial charge in [0.05, 0.1) is 13.3 Å². The van der Waals surface area contributed by atoms with Crippen LogP contribution in [0.3, 0.4) is 0 Å². The van der Waals surface area contributed by atoms with Crippen LogP contribution in [-0.4, -0.2) is 22.8 Å². The molecule has 1 aromatic heterocycles. The lowest BCUT2D eigenvalue weighted by atomic mass is 10.8. The maximum Gasteiger partial charge on any atom is 0.514 e. The predicted molar refractivity (Wildman–Crippen MR) is 43.9 cm³/mol. The summed E-state index contributed by atoms with van der Waals surface area (Å²) in [6.07, 6.45) is 0.659. The van der Waals surface area contributed by atoms with Crippen LogP contribution in [0.4, 0.5) is 4.79 Å². The molecule has 0 aliphatic rings. The first-order valence-electron chi connectivity index (χ1n) is 3.08. The van der Waals surface area contributed by atoms with Gasteiger partial charge in [-0.2, -0.15) is 0 Å². The van der Waals surface area contributed by atoms with E-state index in [2.05, 4.69) is 25.7 Å². The van der Waals surface area contributed by atoms with Gasteiger partial charge in [0.1, 0.15) is 0 Å². The number of nitrogens with zero attached hydrogens (tertiary/aromatic N) is 2. The van der Waals surface area contributed by atoms with E-state index in [1.807, 2.05) is 0 Å². The maximum atomic E-state index is 10.6. The quantitative estimate of drug-likeness (QED) is 0.689. The lowest BCUT2D eigenvalue weighted by molar-refractivity contribution is 0.118. The molecule has 0 aliphatic carbocycles. The van der Waals surface area contributed by atoms with Crippen molar-refractivity contribution < 1.29 is 14.3 Å². The average Bonchev–Trinajstić information content (AvgIpc) is 2.36. The molecule has 6 heteroatoms. The number of carbonyl (C=O) groups is 1. The summed E-state index contributed by atoms with van der Waals surface area (Å²) < 4.78 is 11.2. The summed E-state index contributed by atoms with van der Waals surface area (Å²) in [5, 5.41) is 0. The Labute approximate surface area is 77.4 Å². The van der Waals surface area contributed by atoms with E-state index in [9.17, 15) is 4.79 Å². The van der Waals surface area contributed by atoms with Crippen LogP contribution in [0.5, 0.6) is 5.88 Å². The molecule has 0 unspecified atom stereocenters. The Bertz CT molecular complexity index is 297. The maximum absolute atomic E-state index is 10.6. The molecule has 0 spiro atoms. The van der Waals surface area contributed by atoms with Crippen LogP contribution in [0.25, 0.3) is 0 Å². The standard InChI is InChI=1S/C6H7BrN2O3/c1-9-4(3-8-5(9)7)12-6(10)11-2/h3H,1-2H3. The average molecular weight is 235 g/mol. The molecule has 1 aromatic rings. The number of rotatable bonds is 1. The number of ether oxygens (including phenoxy) is 2. The van der Waals surface area contributed by atoms with Crippen molar-refractivity contribution in [2.24, 2.45) is 7.05 Å². The van der Waals surface area contributed by atoms with Gasteiger partial charge < -0.3 is 9.47 Å². The molecule has 0 amide bonds. The Morgan fingerprint density at radius 1 is 1.75 bits per heavy atom. The van der Waals surface area contributed by atoms with Crippen molar-refractivity contribution in [2.75, 3.05) is 7.11 Å². The molecule has 0 saturated carbocycles. The Kier molecular flexibility index (Phi) is 2.69. The van der Waals surface area contributed by atoms with Gasteiger partial charge >= 0.3 is 6.16 Å². The third-order valence-electron chi connectivity index (χ3n) is 1.24. The largest absolute Gasteiger partial charge is 0.514 e. The van der Waals surface area contributed by atoms with Gasteiger partial charge in [0.25, 0.3) is 0 Å². The number of hydrogen-bond donors (Lipinski definition) is 0. The predicted octanol–water partition coefficient (Wildman–Crippen LogP) is 1.33. The number of carbonyl (C=O) groups excluding carboxylic acids is 1. The number of halogens is 1. The second-order valence-corrected chi connectivity index (χ2v) is 2.69. The fourth-order valence-electron chi connectivity index (χ4n) is 0.594. The van der Waals surface area contributed by atoms with E-state index in [4.69, 9.17) is 4.74 Å². The number of aromatic nitrogens is 2. The van der Waals surface area contributed by atoms with Gasteiger partial charge in [-0.25, -0.2) is 9.78 Å². The molecule has 0 atom stereocenters. The molecule has 0 bridgehead atoms. The third-order valence-corrected chi connectivity index (χ3v) is 1.98. The van der Waals surface area contributed by atoms with Crippen molar-refractivity contribution in [3.63, 3.8) is 0 Å². The Balaban J connectivity index is 2.76. The molecule has 1 rings (SSSR count). The zero-order chi connectivity index (χ0) is 9.14. The zero-order valence-electron chi connectivity index (χ0n) is 6.57. The molecular formula is C6H7BrN2O3. The minimum Gasteiger partial charge on any atom is -0.437 e. The van der Waals surface area contributed by atoms with Crippen LogP contribution in [-0.2, 0) is 11.8 Å². The molecule has 0 aliphatic heterocycles. The molecule has 0 radical (unpaired) electrons. The Hall–Kier alpha value is -1.04. The molecular weight excluding hydrogens is 228 g/mol. The summed E-state index contributed by atoms with van der Waals surface area (Å²) in [6, 6.07) is 0. The number of methoxy groups -OCH3 is 1. The van der Waals surface area contributed by atoms with E-state index in [0.29, 0.717) is 10.6 Å². The van der Waals surface area contributed by atoms with Crippen molar-refractivity contribution in [1.29, 1.82) is 0 Å². The molecule has 0 N–H and O–H groups in total. The second kappa shape index (κ2) is 3.57. The first kappa shape index (κ1) is 9.05. The second-order valence-electron chi connectivity index (χ2n) is 1.98. The van der Waals surface area contributed by atoms with Crippen molar-refractivity contribution in [3.8, 4) is 5.88 Å². The summed E-state index contributed by atoms with van der Waals surface area (Å²) >= 11 is 3.15. The minimum absolute atomic E-state index is 0.328. The highest BCUT2D eigenvalue weighted by atomic mass is 79.9. The van der Waals surface area contributed by atoms with Crippen LogP contribution in [0.2, 0.25) is 0 Å². The van der Waals surface area contributed by atoms with E-state index >= 15 is 0 Å². The highest BCUT2D eigenvalue weighted by molar-refractivity contribution is 9.10. The first-order valence-corrected chi connectivity index (χ1v) is 3.87. The van der Waals surface area contributed by atoms with Gasteiger partial charge in [-0.3, -0.25) is 4.57 Å². The summed E-state index contributed by atoms with van der Waals surface area (Å²) in [6.45, 7) is 0. The fourth-order valence-corrected chi connectivity index (χ4v) is 0.872. The van der Waals surface area contributed by atoms with E-state index in [1.165, 1.54) is 13.3 Å². The SMILES string of the molecule is COC(=O)Oc1cnc(Br)n1C. The third kappa shape index (κ3) is 1.76. The normalized spacial score (nSPS) is 9.58. The van der Waals surface area contributed by atoms with Crippen molar-refractivity contribution >= 4 is 22.1 Å². The Morgan fingerprint density at radius 3 is 2.83 bits per heavy atom. The number of hydrogen-bond acceptors (Lipinski definition) is 4. The summed E-state index contributed by atoms with van der Waals surface area (Å²) in [5.41, 5.74) is 0. The highest BCUT2D eigenvalue weighted by Crippen LogP contribution is 2.16. The van der Waals surface area contributed by atoms with E-state index in [0.717, 1.165) is 0 Å². The van der Waals surface area contributed by atoms with E-state index < -0.39 is 6.16 Å². The Morgan fingerprint density at radius 2 is 2.42 bits per heavy atom. The van der Waals surface area contributed by atoms with Crippen LogP contribution in [0.1, 0.15) is 0 Å². The lowest BCUT2D eigenvalue weighted by Gasteiger charge is -2.01. The fraction of sp³-hybridized carbons (Fsp3) is 0.333. The highest BCUT2D eigenvalue weighted by Gasteiger charge is 2.09. The van der Waals surface area contributed by atoms with Crippen molar-refractivity contribution in [3.05, 3.63) is 10.9 Å². The smallest absolute Gasteiger partial charge is 0.437 e. The monoisotopic (exact) mass is 234 g/mol.